The summed E-state index contributed by atoms with van der Waals surface area (Å²) in [5.41, 5.74) is 6.86. The number of aryl methyl sites for hydroxylation is 1. The van der Waals surface area contributed by atoms with Crippen molar-refractivity contribution in [2.75, 3.05) is 18.6 Å². The normalized spacial score (nSPS) is 15.7. The summed E-state index contributed by atoms with van der Waals surface area (Å²) in [7, 11) is -2.35. The molecule has 0 aliphatic carbocycles. The fourth-order valence-electron chi connectivity index (χ4n) is 3.29. The number of aromatic amines is 1. The zero-order valence-corrected chi connectivity index (χ0v) is 15.7. The van der Waals surface area contributed by atoms with Gasteiger partial charge in [-0.2, -0.15) is 0 Å². The van der Waals surface area contributed by atoms with Crippen LogP contribution in [0.25, 0.3) is 11.6 Å². The number of hydrogen-bond donors (Lipinski definition) is 2. The predicted octanol–water partition coefficient (Wildman–Crippen LogP) is 3.93. The first-order chi connectivity index (χ1) is 11.2. The number of H-pyrrole nitrogens is 1. The van der Waals surface area contributed by atoms with Gasteiger partial charge in [-0.15, -0.1) is 0 Å². The Labute approximate surface area is 142 Å². The summed E-state index contributed by atoms with van der Waals surface area (Å²) in [6.45, 7) is 9.74. The average molecular weight is 342 g/mol. The lowest BCUT2D eigenvalue weighted by Gasteiger charge is -2.08. The number of fused-ring (bicyclic) bond motifs is 1. The molecule has 0 bridgehead atoms. The Bertz CT molecular complexity index is 916. The quantitative estimate of drug-likeness (QED) is 0.656. The third-order valence-electron chi connectivity index (χ3n) is 4.68. The number of rotatable bonds is 3. The number of carbonyl (C=O) groups excluding carboxylic acids is 1. The van der Waals surface area contributed by atoms with Crippen LogP contribution in [0.4, 0.5) is 5.69 Å². The molecule has 3 rings (SSSR count). The lowest BCUT2D eigenvalue weighted by Crippen LogP contribution is -2.06. The van der Waals surface area contributed by atoms with Crippen LogP contribution >= 0.6 is 7.14 Å². The molecule has 1 aromatic heterocycles. The van der Waals surface area contributed by atoms with Crippen LogP contribution < -0.4 is 10.6 Å². The van der Waals surface area contributed by atoms with E-state index in [9.17, 15) is 9.36 Å². The van der Waals surface area contributed by atoms with Crippen LogP contribution in [0.3, 0.4) is 0 Å². The minimum atomic E-state index is -2.35. The molecule has 0 spiro atoms. The van der Waals surface area contributed by atoms with Crippen molar-refractivity contribution >= 4 is 35.7 Å². The summed E-state index contributed by atoms with van der Waals surface area (Å²) < 4.78 is 12.3. The highest BCUT2D eigenvalue weighted by Gasteiger charge is 2.26. The highest BCUT2D eigenvalue weighted by Crippen LogP contribution is 2.39. The van der Waals surface area contributed by atoms with Gasteiger partial charge in [0, 0.05) is 27.9 Å². The lowest BCUT2D eigenvalue weighted by molar-refractivity contribution is -0.110. The van der Waals surface area contributed by atoms with Crippen LogP contribution in [0.1, 0.15) is 35.0 Å². The lowest BCUT2D eigenvalue weighted by atomic mass is 10.0. The van der Waals surface area contributed by atoms with Crippen LogP contribution in [0.15, 0.2) is 18.2 Å². The number of anilines is 1. The highest BCUT2D eigenvalue weighted by molar-refractivity contribution is 7.70. The average Bonchev–Trinajstić information content (AvgIpc) is 2.95. The first kappa shape index (κ1) is 16.8. The van der Waals surface area contributed by atoms with Crippen LogP contribution in [0, 0.1) is 13.8 Å². The summed E-state index contributed by atoms with van der Waals surface area (Å²) in [4.78, 5) is 15.8. The SMILES string of the molecule is CCc1c(C)[nH]c(/C=C2\C(=O)Nc3cc(P(C)(C)=O)ccc32)c1C. The second-order valence-electron chi connectivity index (χ2n) is 6.71. The Balaban J connectivity index is 2.09. The molecule has 126 valence electrons. The van der Waals surface area contributed by atoms with Crippen LogP contribution in [-0.4, -0.2) is 24.2 Å². The number of nitrogens with one attached hydrogen (secondary N) is 2. The van der Waals surface area contributed by atoms with Crippen LogP contribution in [0.5, 0.6) is 0 Å². The molecule has 2 aromatic rings. The van der Waals surface area contributed by atoms with Crippen LogP contribution in [0.2, 0.25) is 0 Å². The molecular weight excluding hydrogens is 319 g/mol. The summed E-state index contributed by atoms with van der Waals surface area (Å²) >= 11 is 0. The molecule has 4 nitrogen and oxygen atoms in total. The van der Waals surface area contributed by atoms with Gasteiger partial charge in [-0.05, 0) is 56.9 Å². The number of hydrogen-bond acceptors (Lipinski definition) is 2. The standard InChI is InChI=1S/C19H23N2O2P/c1-6-14-11(2)17(20-12(14)3)10-16-15-8-7-13(24(4,5)23)9-18(15)21-19(16)22/h7-10,20H,6H2,1-5H3,(H,21,22)/b16-10-. The molecule has 1 aromatic carbocycles. The third-order valence-corrected chi connectivity index (χ3v) is 6.20. The highest BCUT2D eigenvalue weighted by atomic mass is 31.2. The first-order valence-corrected chi connectivity index (χ1v) is 10.7. The van der Waals surface area contributed by atoms with Gasteiger partial charge in [0.05, 0.1) is 5.57 Å². The molecule has 0 fully saturated rings. The van der Waals surface area contributed by atoms with Gasteiger partial charge >= 0.3 is 0 Å². The molecule has 1 aliphatic rings. The molecule has 0 saturated heterocycles. The molecule has 1 aliphatic heterocycles. The van der Waals surface area contributed by atoms with E-state index in [0.717, 1.165) is 34.4 Å². The van der Waals surface area contributed by atoms with Crippen molar-refractivity contribution in [3.63, 3.8) is 0 Å². The number of aromatic nitrogens is 1. The van der Waals surface area contributed by atoms with Gasteiger partial charge in [-0.3, -0.25) is 4.79 Å². The van der Waals surface area contributed by atoms with Gasteiger partial charge < -0.3 is 14.9 Å². The fraction of sp³-hybridized carbons (Fsp3) is 0.316. The Kier molecular flexibility index (Phi) is 4.05. The Morgan fingerprint density at radius 2 is 1.92 bits per heavy atom. The zero-order chi connectivity index (χ0) is 17.6. The zero-order valence-electron chi connectivity index (χ0n) is 14.8. The first-order valence-electron chi connectivity index (χ1n) is 8.13. The van der Waals surface area contributed by atoms with E-state index in [1.807, 2.05) is 24.3 Å². The van der Waals surface area contributed by atoms with Crippen molar-refractivity contribution in [2.24, 2.45) is 0 Å². The second kappa shape index (κ2) is 5.78. The summed E-state index contributed by atoms with van der Waals surface area (Å²) in [6, 6.07) is 5.58. The van der Waals surface area contributed by atoms with E-state index in [-0.39, 0.29) is 5.91 Å². The Morgan fingerprint density at radius 3 is 2.50 bits per heavy atom. The van der Waals surface area contributed by atoms with Gasteiger partial charge in [-0.1, -0.05) is 19.1 Å². The monoisotopic (exact) mass is 342 g/mol. The van der Waals surface area contributed by atoms with Gasteiger partial charge in [-0.25, -0.2) is 0 Å². The molecular formula is C19H23N2O2P. The molecule has 0 atom stereocenters. The molecule has 2 heterocycles. The second-order valence-corrected chi connectivity index (χ2v) is 9.93. The summed E-state index contributed by atoms with van der Waals surface area (Å²) in [6.07, 6.45) is 2.88. The van der Waals surface area contributed by atoms with Gasteiger partial charge in [0.25, 0.3) is 5.91 Å². The summed E-state index contributed by atoms with van der Waals surface area (Å²) in [5, 5.41) is 3.67. The minimum absolute atomic E-state index is 0.117. The maximum Gasteiger partial charge on any atom is 0.256 e. The van der Waals surface area contributed by atoms with Crippen molar-refractivity contribution in [1.82, 2.24) is 4.98 Å². The number of amides is 1. The molecule has 0 radical (unpaired) electrons. The van der Waals surface area contributed by atoms with Gasteiger partial charge in [0.1, 0.15) is 7.14 Å². The van der Waals surface area contributed by atoms with E-state index in [0.29, 0.717) is 5.57 Å². The molecule has 2 N–H and O–H groups in total. The van der Waals surface area contributed by atoms with E-state index in [1.165, 1.54) is 11.1 Å². The predicted molar refractivity (Wildman–Crippen MR) is 102 cm³/mol. The third kappa shape index (κ3) is 2.76. The van der Waals surface area contributed by atoms with E-state index < -0.39 is 7.14 Å². The van der Waals surface area contributed by atoms with Gasteiger partial charge in [0.15, 0.2) is 0 Å². The van der Waals surface area contributed by atoms with E-state index in [4.69, 9.17) is 0 Å². The van der Waals surface area contributed by atoms with E-state index >= 15 is 0 Å². The van der Waals surface area contributed by atoms with Crippen molar-refractivity contribution in [2.45, 2.75) is 27.2 Å². The smallest absolute Gasteiger partial charge is 0.256 e. The number of carbonyl (C=O) groups is 1. The molecule has 1 amide bonds. The molecule has 0 saturated carbocycles. The van der Waals surface area contributed by atoms with Gasteiger partial charge in [0.2, 0.25) is 0 Å². The van der Waals surface area contributed by atoms with Crippen molar-refractivity contribution in [3.05, 3.63) is 46.3 Å². The van der Waals surface area contributed by atoms with Crippen LogP contribution in [-0.2, 0) is 15.8 Å². The molecule has 0 unspecified atom stereocenters. The van der Waals surface area contributed by atoms with E-state index in [1.54, 1.807) is 13.3 Å². The van der Waals surface area contributed by atoms with Crippen molar-refractivity contribution in [1.29, 1.82) is 0 Å². The number of benzene rings is 1. The topological polar surface area (TPSA) is 62.0 Å². The molecule has 5 heteroatoms. The maximum atomic E-state index is 12.4. The summed E-state index contributed by atoms with van der Waals surface area (Å²) in [5.74, 6) is -0.117. The fourth-order valence-corrected chi connectivity index (χ4v) is 4.17. The van der Waals surface area contributed by atoms with Crippen molar-refractivity contribution < 1.29 is 9.36 Å². The Morgan fingerprint density at radius 1 is 1.21 bits per heavy atom. The van der Waals surface area contributed by atoms with E-state index in [2.05, 4.69) is 31.1 Å². The largest absolute Gasteiger partial charge is 0.359 e. The Hall–Kier alpha value is -2.06. The maximum absolute atomic E-state index is 12.4. The van der Waals surface area contributed by atoms with Crippen molar-refractivity contribution in [3.8, 4) is 0 Å². The molecule has 24 heavy (non-hydrogen) atoms. The minimum Gasteiger partial charge on any atom is -0.359 e.